The van der Waals surface area contributed by atoms with Crippen molar-refractivity contribution in [2.24, 2.45) is 0 Å². The third-order valence-electron chi connectivity index (χ3n) is 1.95. The second kappa shape index (κ2) is 8.39. The molecule has 0 fully saturated rings. The van der Waals surface area contributed by atoms with E-state index in [1.54, 1.807) is 0 Å². The second-order valence-electron chi connectivity index (χ2n) is 3.60. The van der Waals surface area contributed by atoms with Gasteiger partial charge in [-0.3, -0.25) is 0 Å². The van der Waals surface area contributed by atoms with Gasteiger partial charge in [0.25, 0.3) is 0 Å². The van der Waals surface area contributed by atoms with Crippen molar-refractivity contribution in [2.75, 3.05) is 0 Å². The van der Waals surface area contributed by atoms with Gasteiger partial charge in [0.05, 0.1) is 12.1 Å². The molecule has 1 aliphatic rings. The van der Waals surface area contributed by atoms with E-state index in [-0.39, 0.29) is 6.10 Å². The number of allylic oxidation sites excluding steroid dienone is 2. The van der Waals surface area contributed by atoms with Crippen molar-refractivity contribution in [2.45, 2.75) is 59.6 Å². The monoisotopic (exact) mass is 211 g/mol. The summed E-state index contributed by atoms with van der Waals surface area (Å²) in [4.78, 5) is 0. The molecule has 1 rings (SSSR count). The van der Waals surface area contributed by atoms with Gasteiger partial charge < -0.3 is 10.1 Å². The fraction of sp³-hybridized carbons (Fsp3) is 0.692. The Bertz CT molecular complexity index is 207. The third kappa shape index (κ3) is 5.50. The number of dihydropyridines is 1. The number of rotatable bonds is 4. The molecule has 0 saturated heterocycles. The Labute approximate surface area is 94.4 Å². The lowest BCUT2D eigenvalue weighted by Crippen LogP contribution is -2.30. The quantitative estimate of drug-likeness (QED) is 0.767. The van der Waals surface area contributed by atoms with E-state index >= 15 is 0 Å². The highest BCUT2D eigenvalue weighted by Gasteiger charge is 2.15. The zero-order valence-corrected chi connectivity index (χ0v) is 10.7. The fourth-order valence-corrected chi connectivity index (χ4v) is 1.42. The lowest BCUT2D eigenvalue weighted by molar-refractivity contribution is 0.126. The van der Waals surface area contributed by atoms with Crippen molar-refractivity contribution in [3.63, 3.8) is 0 Å². The molecule has 1 atom stereocenters. The Kier molecular flexibility index (Phi) is 7.88. The van der Waals surface area contributed by atoms with Crippen LogP contribution in [0.5, 0.6) is 0 Å². The highest BCUT2D eigenvalue weighted by Crippen LogP contribution is 2.15. The zero-order valence-electron chi connectivity index (χ0n) is 10.7. The molecular weight excluding hydrogens is 186 g/mol. The Morgan fingerprint density at radius 3 is 2.60 bits per heavy atom. The number of ether oxygens (including phenoxy) is 1. The van der Waals surface area contributed by atoms with E-state index in [1.807, 2.05) is 26.1 Å². The Hall–Kier alpha value is -0.920. The summed E-state index contributed by atoms with van der Waals surface area (Å²) in [6, 6.07) is 0.373. The SMILES string of the molecule is CC.CCCC1NC=CC=C1OC(C)C. The van der Waals surface area contributed by atoms with Crippen LogP contribution in [0.4, 0.5) is 0 Å². The summed E-state index contributed by atoms with van der Waals surface area (Å²) < 4.78 is 5.70. The van der Waals surface area contributed by atoms with Gasteiger partial charge in [0.1, 0.15) is 5.76 Å². The highest BCUT2D eigenvalue weighted by molar-refractivity contribution is 5.18. The van der Waals surface area contributed by atoms with Crippen LogP contribution in [-0.2, 0) is 4.74 Å². The summed E-state index contributed by atoms with van der Waals surface area (Å²) in [6.45, 7) is 10.3. The average Bonchev–Trinajstić information content (AvgIpc) is 2.23. The summed E-state index contributed by atoms with van der Waals surface area (Å²) in [6.07, 6.45) is 8.58. The zero-order chi connectivity index (χ0) is 11.7. The van der Waals surface area contributed by atoms with Crippen LogP contribution in [0.15, 0.2) is 24.1 Å². The first-order valence-corrected chi connectivity index (χ1v) is 6.03. The highest BCUT2D eigenvalue weighted by atomic mass is 16.5. The van der Waals surface area contributed by atoms with Crippen molar-refractivity contribution in [1.29, 1.82) is 0 Å². The van der Waals surface area contributed by atoms with E-state index in [1.165, 1.54) is 6.42 Å². The number of hydrogen-bond acceptors (Lipinski definition) is 2. The number of hydrogen-bond donors (Lipinski definition) is 1. The molecule has 1 heterocycles. The molecule has 0 bridgehead atoms. The molecule has 0 spiro atoms. The Morgan fingerprint density at radius 2 is 2.07 bits per heavy atom. The molecule has 88 valence electrons. The van der Waals surface area contributed by atoms with E-state index in [0.717, 1.165) is 12.2 Å². The van der Waals surface area contributed by atoms with Crippen molar-refractivity contribution < 1.29 is 4.74 Å². The van der Waals surface area contributed by atoms with Gasteiger partial charge in [0, 0.05) is 0 Å². The lowest BCUT2D eigenvalue weighted by Gasteiger charge is -2.24. The van der Waals surface area contributed by atoms with Crippen LogP contribution < -0.4 is 5.32 Å². The van der Waals surface area contributed by atoms with Crippen LogP contribution >= 0.6 is 0 Å². The molecule has 1 aliphatic heterocycles. The maximum absolute atomic E-state index is 5.70. The molecule has 1 unspecified atom stereocenters. The molecule has 15 heavy (non-hydrogen) atoms. The topological polar surface area (TPSA) is 21.3 Å². The van der Waals surface area contributed by atoms with E-state index in [2.05, 4.69) is 32.2 Å². The predicted octanol–water partition coefficient (Wildman–Crippen LogP) is 3.61. The van der Waals surface area contributed by atoms with Gasteiger partial charge in [-0.05, 0) is 38.6 Å². The first-order chi connectivity index (χ1) is 7.24. The van der Waals surface area contributed by atoms with E-state index in [9.17, 15) is 0 Å². The van der Waals surface area contributed by atoms with E-state index in [4.69, 9.17) is 4.74 Å². The minimum absolute atomic E-state index is 0.263. The van der Waals surface area contributed by atoms with Gasteiger partial charge in [-0.2, -0.15) is 0 Å². The first kappa shape index (κ1) is 14.1. The van der Waals surface area contributed by atoms with Gasteiger partial charge in [0.2, 0.25) is 0 Å². The van der Waals surface area contributed by atoms with E-state index in [0.29, 0.717) is 6.04 Å². The fourth-order valence-electron chi connectivity index (χ4n) is 1.42. The second-order valence-corrected chi connectivity index (χ2v) is 3.60. The van der Waals surface area contributed by atoms with Crippen molar-refractivity contribution in [3.8, 4) is 0 Å². The van der Waals surface area contributed by atoms with E-state index < -0.39 is 0 Å². The van der Waals surface area contributed by atoms with Crippen LogP contribution in [0.1, 0.15) is 47.5 Å². The lowest BCUT2D eigenvalue weighted by atomic mass is 10.1. The summed E-state index contributed by atoms with van der Waals surface area (Å²) in [7, 11) is 0. The molecule has 0 aromatic rings. The number of nitrogens with one attached hydrogen (secondary N) is 1. The van der Waals surface area contributed by atoms with Crippen LogP contribution in [0.25, 0.3) is 0 Å². The first-order valence-electron chi connectivity index (χ1n) is 6.03. The summed E-state index contributed by atoms with van der Waals surface area (Å²) >= 11 is 0. The maximum Gasteiger partial charge on any atom is 0.119 e. The minimum Gasteiger partial charge on any atom is -0.493 e. The standard InChI is InChI=1S/C11H19NO.C2H6/c1-4-6-10-11(13-9(2)3)7-5-8-12-10;1-2/h5,7-10,12H,4,6H2,1-3H3;1-2H3. The van der Waals surface area contributed by atoms with Gasteiger partial charge in [-0.25, -0.2) is 0 Å². The summed E-state index contributed by atoms with van der Waals surface area (Å²) in [5.74, 6) is 1.07. The predicted molar refractivity (Wildman–Crippen MR) is 66.6 cm³/mol. The molecule has 0 aromatic heterocycles. The third-order valence-corrected chi connectivity index (χ3v) is 1.95. The smallest absolute Gasteiger partial charge is 0.119 e. The van der Waals surface area contributed by atoms with Gasteiger partial charge in [-0.15, -0.1) is 0 Å². The molecule has 1 N–H and O–H groups in total. The largest absolute Gasteiger partial charge is 0.493 e. The maximum atomic E-state index is 5.70. The normalized spacial score (nSPS) is 18.8. The molecule has 2 heteroatoms. The van der Waals surface area contributed by atoms with Gasteiger partial charge in [-0.1, -0.05) is 27.2 Å². The Morgan fingerprint density at radius 1 is 1.40 bits per heavy atom. The summed E-state index contributed by atoms with van der Waals surface area (Å²) in [5.41, 5.74) is 0. The van der Waals surface area contributed by atoms with Crippen LogP contribution in [-0.4, -0.2) is 12.1 Å². The van der Waals surface area contributed by atoms with Gasteiger partial charge >= 0.3 is 0 Å². The summed E-state index contributed by atoms with van der Waals surface area (Å²) in [5, 5.41) is 3.30. The van der Waals surface area contributed by atoms with Crippen molar-refractivity contribution in [3.05, 3.63) is 24.1 Å². The van der Waals surface area contributed by atoms with Gasteiger partial charge in [0.15, 0.2) is 0 Å². The molecule has 0 amide bonds. The van der Waals surface area contributed by atoms with Crippen LogP contribution in [0.2, 0.25) is 0 Å². The molecule has 0 radical (unpaired) electrons. The minimum atomic E-state index is 0.263. The van der Waals surface area contributed by atoms with Crippen molar-refractivity contribution in [1.82, 2.24) is 5.32 Å². The van der Waals surface area contributed by atoms with Crippen LogP contribution in [0.3, 0.4) is 0 Å². The molecule has 0 aromatic carbocycles. The van der Waals surface area contributed by atoms with Crippen LogP contribution in [0, 0.1) is 0 Å². The molecule has 0 saturated carbocycles. The molecule has 2 nitrogen and oxygen atoms in total. The molecular formula is C13H25NO. The Balaban J connectivity index is 0.000000921. The molecule has 0 aliphatic carbocycles. The average molecular weight is 211 g/mol. The van der Waals surface area contributed by atoms with Crippen molar-refractivity contribution >= 4 is 0 Å².